The standard InChI is InChI=1S/C16H21N3S/c1-11-9-12(5-7-14(11)17-2)18-15-8-6-13(19(3)4)10-16(15)20/h6-10,17,20H,5H2,1-4H3/p+1. The Morgan fingerprint density at radius 3 is 2.60 bits per heavy atom. The molecule has 0 saturated heterocycles. The van der Waals surface area contributed by atoms with E-state index in [1.165, 1.54) is 11.3 Å². The first kappa shape index (κ1) is 14.7. The first-order chi connectivity index (χ1) is 9.51. The predicted molar refractivity (Wildman–Crippen MR) is 91.8 cm³/mol. The number of allylic oxidation sites excluding steroid dienone is 3. The van der Waals surface area contributed by atoms with Crippen molar-refractivity contribution < 1.29 is 0 Å². The van der Waals surface area contributed by atoms with Gasteiger partial charge in [-0.2, -0.15) is 0 Å². The lowest BCUT2D eigenvalue weighted by Gasteiger charge is -2.14. The minimum atomic E-state index is 0.856. The Morgan fingerprint density at radius 2 is 2.05 bits per heavy atom. The summed E-state index contributed by atoms with van der Waals surface area (Å²) in [6.45, 7) is 2.10. The average molecular weight is 288 g/mol. The Balaban J connectivity index is 2.27. The van der Waals surface area contributed by atoms with E-state index in [2.05, 4.69) is 54.1 Å². The van der Waals surface area contributed by atoms with Crippen LogP contribution in [-0.4, -0.2) is 26.9 Å². The van der Waals surface area contributed by atoms with Gasteiger partial charge in [0.2, 0.25) is 0 Å². The van der Waals surface area contributed by atoms with Crippen molar-refractivity contribution >= 4 is 29.7 Å². The molecule has 2 rings (SSSR count). The van der Waals surface area contributed by atoms with E-state index in [1.54, 1.807) is 0 Å². The molecule has 0 aliphatic heterocycles. The molecule has 0 aromatic heterocycles. The SMILES string of the molecule is CNC1=CCC(=Nc2ccc(N(C)C)cc2[SH2+])C=C1C. The van der Waals surface area contributed by atoms with Crippen molar-refractivity contribution in [3.05, 3.63) is 41.6 Å². The Kier molecular flexibility index (Phi) is 4.55. The van der Waals surface area contributed by atoms with E-state index in [9.17, 15) is 0 Å². The lowest BCUT2D eigenvalue weighted by molar-refractivity contribution is 0.981. The molecule has 1 aliphatic rings. The zero-order valence-electron chi connectivity index (χ0n) is 12.5. The van der Waals surface area contributed by atoms with E-state index < -0.39 is 0 Å². The second-order valence-corrected chi connectivity index (χ2v) is 5.64. The zero-order valence-corrected chi connectivity index (χ0v) is 13.5. The minimum Gasteiger partial charge on any atom is -0.388 e. The van der Waals surface area contributed by atoms with Crippen molar-refractivity contribution in [3.8, 4) is 0 Å². The van der Waals surface area contributed by atoms with Gasteiger partial charge in [-0.25, -0.2) is 4.99 Å². The van der Waals surface area contributed by atoms with Gasteiger partial charge in [0.25, 0.3) is 0 Å². The lowest BCUT2D eigenvalue weighted by Crippen LogP contribution is -2.12. The number of rotatable bonds is 3. The first-order valence-corrected chi connectivity index (χ1v) is 7.18. The maximum Gasteiger partial charge on any atom is 0.178 e. The zero-order chi connectivity index (χ0) is 14.7. The van der Waals surface area contributed by atoms with Gasteiger partial charge in [-0.15, -0.1) is 0 Å². The molecule has 1 aromatic rings. The number of benzene rings is 1. The van der Waals surface area contributed by atoms with Crippen molar-refractivity contribution in [2.45, 2.75) is 18.2 Å². The van der Waals surface area contributed by atoms with Gasteiger partial charge in [0.05, 0.1) is 0 Å². The summed E-state index contributed by atoms with van der Waals surface area (Å²) < 4.78 is 0. The molecule has 0 spiro atoms. The van der Waals surface area contributed by atoms with Crippen LogP contribution in [0.4, 0.5) is 11.4 Å². The number of nitrogens with one attached hydrogen (secondary N) is 1. The Morgan fingerprint density at radius 1 is 1.30 bits per heavy atom. The highest BCUT2D eigenvalue weighted by Crippen LogP contribution is 2.26. The molecule has 0 heterocycles. The number of likely N-dealkylation sites (N-methyl/N-ethyl adjacent to an activating group) is 1. The number of aliphatic imine (C=N–C) groups is 1. The van der Waals surface area contributed by atoms with E-state index in [-0.39, 0.29) is 0 Å². The van der Waals surface area contributed by atoms with Crippen LogP contribution in [0.3, 0.4) is 0 Å². The molecule has 0 atom stereocenters. The summed E-state index contributed by atoms with van der Waals surface area (Å²) >= 11 is 3.66. The number of hydrogen-bond donors (Lipinski definition) is 1. The predicted octanol–water partition coefficient (Wildman–Crippen LogP) is 2.65. The summed E-state index contributed by atoms with van der Waals surface area (Å²) in [6.07, 6.45) is 5.17. The molecule has 4 heteroatoms. The molecule has 106 valence electrons. The van der Waals surface area contributed by atoms with Gasteiger partial charge >= 0.3 is 0 Å². The van der Waals surface area contributed by atoms with Gasteiger partial charge in [-0.1, -0.05) is 6.08 Å². The van der Waals surface area contributed by atoms with Gasteiger partial charge in [0, 0.05) is 50.7 Å². The monoisotopic (exact) mass is 288 g/mol. The Labute approximate surface area is 126 Å². The summed E-state index contributed by atoms with van der Waals surface area (Å²) in [5.74, 6) is 0. The smallest absolute Gasteiger partial charge is 0.178 e. The summed E-state index contributed by atoms with van der Waals surface area (Å²) in [7, 11) is 6.01. The third-order valence-corrected chi connectivity index (χ3v) is 3.75. The van der Waals surface area contributed by atoms with Crippen LogP contribution >= 0.6 is 0 Å². The van der Waals surface area contributed by atoms with E-state index in [1.807, 2.05) is 27.2 Å². The molecule has 1 aromatic carbocycles. The van der Waals surface area contributed by atoms with Crippen LogP contribution in [0.25, 0.3) is 0 Å². The van der Waals surface area contributed by atoms with Crippen LogP contribution < -0.4 is 10.2 Å². The largest absolute Gasteiger partial charge is 0.388 e. The quantitative estimate of drug-likeness (QED) is 0.866. The van der Waals surface area contributed by atoms with Gasteiger partial charge in [0.1, 0.15) is 5.69 Å². The maximum atomic E-state index is 4.74. The summed E-state index contributed by atoms with van der Waals surface area (Å²) in [5, 5.41) is 3.19. The maximum absolute atomic E-state index is 4.74. The second kappa shape index (κ2) is 6.18. The Hall–Kier alpha value is -1.68. The van der Waals surface area contributed by atoms with Crippen LogP contribution in [0.1, 0.15) is 13.3 Å². The first-order valence-electron chi connectivity index (χ1n) is 6.68. The highest BCUT2D eigenvalue weighted by molar-refractivity contribution is 7.59. The van der Waals surface area contributed by atoms with Crippen molar-refractivity contribution in [2.75, 3.05) is 26.0 Å². The van der Waals surface area contributed by atoms with Gasteiger partial charge in [0.15, 0.2) is 4.90 Å². The van der Waals surface area contributed by atoms with Gasteiger partial charge in [-0.3, -0.25) is 0 Å². The number of hydrogen-bond acceptors (Lipinski definition) is 3. The van der Waals surface area contributed by atoms with E-state index in [0.717, 1.165) is 28.4 Å². The normalized spacial score (nSPS) is 16.8. The van der Waals surface area contributed by atoms with Crippen molar-refractivity contribution in [1.82, 2.24) is 5.32 Å². The fourth-order valence-corrected chi connectivity index (χ4v) is 2.47. The van der Waals surface area contributed by atoms with Crippen molar-refractivity contribution in [1.29, 1.82) is 0 Å². The lowest BCUT2D eigenvalue weighted by atomic mass is 10.0. The van der Waals surface area contributed by atoms with E-state index >= 15 is 0 Å². The molecule has 20 heavy (non-hydrogen) atoms. The van der Waals surface area contributed by atoms with E-state index in [0.29, 0.717) is 0 Å². The molecule has 0 saturated carbocycles. The fourth-order valence-electron chi connectivity index (χ4n) is 2.19. The molecule has 0 radical (unpaired) electrons. The summed E-state index contributed by atoms with van der Waals surface area (Å²) in [6, 6.07) is 6.22. The molecule has 0 bridgehead atoms. The molecule has 0 unspecified atom stereocenters. The van der Waals surface area contributed by atoms with E-state index in [4.69, 9.17) is 4.99 Å². The highest BCUT2D eigenvalue weighted by atomic mass is 32.1. The van der Waals surface area contributed by atoms with Gasteiger partial charge < -0.3 is 10.2 Å². The van der Waals surface area contributed by atoms with Crippen LogP contribution in [0.2, 0.25) is 0 Å². The van der Waals surface area contributed by atoms with Crippen LogP contribution in [-0.2, 0) is 12.6 Å². The highest BCUT2D eigenvalue weighted by Gasteiger charge is 2.10. The molecule has 0 amide bonds. The van der Waals surface area contributed by atoms with Crippen molar-refractivity contribution in [2.24, 2.45) is 4.99 Å². The third kappa shape index (κ3) is 3.25. The molecule has 3 nitrogen and oxygen atoms in total. The fraction of sp³-hybridized carbons (Fsp3) is 0.312. The molecule has 0 fully saturated rings. The van der Waals surface area contributed by atoms with Crippen LogP contribution in [0.5, 0.6) is 0 Å². The summed E-state index contributed by atoms with van der Waals surface area (Å²) in [5.41, 5.74) is 5.61. The van der Waals surface area contributed by atoms with Crippen LogP contribution in [0, 0.1) is 0 Å². The minimum absolute atomic E-state index is 0.856. The third-order valence-electron chi connectivity index (χ3n) is 3.35. The average Bonchev–Trinajstić information content (AvgIpc) is 2.41. The molecular weight excluding hydrogens is 266 g/mol. The molecule has 1 N–H and O–H groups in total. The Bertz CT molecular complexity index is 598. The topological polar surface area (TPSA) is 27.6 Å². The summed E-state index contributed by atoms with van der Waals surface area (Å²) in [4.78, 5) is 7.83. The van der Waals surface area contributed by atoms with Crippen LogP contribution in [0.15, 0.2) is 51.5 Å². The second-order valence-electron chi connectivity index (χ2n) is 5.10. The van der Waals surface area contributed by atoms with Crippen molar-refractivity contribution in [3.63, 3.8) is 0 Å². The molecule has 1 aliphatic carbocycles. The number of nitrogens with zero attached hydrogens (tertiary/aromatic N) is 2. The molecular formula is C16H22N3S+. The van der Waals surface area contributed by atoms with Gasteiger partial charge in [-0.05, 0) is 43.3 Å². The number of anilines is 1.